The van der Waals surface area contributed by atoms with Gasteiger partial charge in [0.25, 0.3) is 0 Å². The van der Waals surface area contributed by atoms with Crippen molar-refractivity contribution in [3.63, 3.8) is 0 Å². The van der Waals surface area contributed by atoms with Crippen LogP contribution in [0.15, 0.2) is 35.5 Å². The Labute approximate surface area is 88.7 Å². The van der Waals surface area contributed by atoms with Gasteiger partial charge in [0.05, 0.1) is 5.71 Å². The van der Waals surface area contributed by atoms with E-state index in [0.29, 0.717) is 5.71 Å². The van der Waals surface area contributed by atoms with E-state index in [4.69, 9.17) is 5.21 Å². The third-order valence-corrected chi connectivity index (χ3v) is 2.02. The van der Waals surface area contributed by atoms with Gasteiger partial charge in [0, 0.05) is 0 Å². The first-order valence-electron chi connectivity index (χ1n) is 4.79. The van der Waals surface area contributed by atoms with E-state index in [1.807, 2.05) is 13.8 Å². The van der Waals surface area contributed by atoms with Crippen LogP contribution >= 0.6 is 0 Å². The maximum Gasteiger partial charge on any atom is 0.123 e. The summed E-state index contributed by atoms with van der Waals surface area (Å²) in [5.41, 5.74) is 1.47. The second kappa shape index (κ2) is 5.29. The van der Waals surface area contributed by atoms with Crippen LogP contribution in [0.3, 0.4) is 0 Å². The smallest absolute Gasteiger partial charge is 0.123 e. The molecule has 0 fully saturated rings. The van der Waals surface area contributed by atoms with Crippen LogP contribution < -0.4 is 0 Å². The van der Waals surface area contributed by atoms with Gasteiger partial charge in [0.1, 0.15) is 5.82 Å². The number of oxime groups is 1. The molecule has 0 aromatic heterocycles. The molecule has 0 bridgehead atoms. The minimum atomic E-state index is -0.257. The largest absolute Gasteiger partial charge is 0.411 e. The SMILES string of the molecule is CC(C)C(/C=C/c1ccc(F)cc1)=N\O. The molecule has 15 heavy (non-hydrogen) atoms. The number of rotatable bonds is 3. The van der Waals surface area contributed by atoms with E-state index in [1.165, 1.54) is 12.1 Å². The maximum atomic E-state index is 12.6. The molecule has 1 N–H and O–H groups in total. The molecule has 0 radical (unpaired) electrons. The molecule has 0 unspecified atom stereocenters. The van der Waals surface area contributed by atoms with Crippen LogP contribution in [0.5, 0.6) is 0 Å². The van der Waals surface area contributed by atoms with Crippen molar-refractivity contribution in [2.24, 2.45) is 11.1 Å². The van der Waals surface area contributed by atoms with Gasteiger partial charge in [-0.15, -0.1) is 0 Å². The first-order valence-corrected chi connectivity index (χ1v) is 4.79. The van der Waals surface area contributed by atoms with Crippen LogP contribution in [-0.4, -0.2) is 10.9 Å². The molecular formula is C12H14FNO. The molecule has 1 aromatic rings. The Kier molecular flexibility index (Phi) is 4.03. The van der Waals surface area contributed by atoms with Crippen LogP contribution in [0.25, 0.3) is 6.08 Å². The number of halogens is 1. The first kappa shape index (κ1) is 11.4. The Hall–Kier alpha value is -1.64. The highest BCUT2D eigenvalue weighted by Gasteiger charge is 2.00. The standard InChI is InChI=1S/C12H14FNO/c1-9(2)12(14-15)8-5-10-3-6-11(13)7-4-10/h3-9,15H,1-2H3/b8-5+,14-12-. The van der Waals surface area contributed by atoms with Gasteiger partial charge < -0.3 is 5.21 Å². The van der Waals surface area contributed by atoms with Gasteiger partial charge in [-0.1, -0.05) is 37.2 Å². The van der Waals surface area contributed by atoms with Crippen LogP contribution in [0.1, 0.15) is 19.4 Å². The molecule has 0 saturated heterocycles. The predicted octanol–water partition coefficient (Wildman–Crippen LogP) is 3.33. The molecular weight excluding hydrogens is 193 g/mol. The highest BCUT2D eigenvalue weighted by Crippen LogP contribution is 2.06. The number of hydrogen-bond acceptors (Lipinski definition) is 2. The summed E-state index contributed by atoms with van der Waals surface area (Å²) in [6.07, 6.45) is 3.51. The van der Waals surface area contributed by atoms with Crippen LogP contribution in [0, 0.1) is 11.7 Å². The summed E-state index contributed by atoms with van der Waals surface area (Å²) in [6, 6.07) is 6.12. The molecule has 0 aliphatic rings. The summed E-state index contributed by atoms with van der Waals surface area (Å²) in [5.74, 6) is -0.0984. The van der Waals surface area contributed by atoms with E-state index in [2.05, 4.69) is 5.16 Å². The van der Waals surface area contributed by atoms with Crippen LogP contribution in [-0.2, 0) is 0 Å². The van der Waals surface area contributed by atoms with Crippen molar-refractivity contribution < 1.29 is 9.60 Å². The van der Waals surface area contributed by atoms with Gasteiger partial charge in [-0.25, -0.2) is 4.39 Å². The zero-order valence-electron chi connectivity index (χ0n) is 8.81. The number of hydrogen-bond donors (Lipinski definition) is 1. The highest BCUT2D eigenvalue weighted by molar-refractivity contribution is 5.99. The van der Waals surface area contributed by atoms with Gasteiger partial charge >= 0.3 is 0 Å². The number of nitrogens with zero attached hydrogens (tertiary/aromatic N) is 1. The molecule has 0 heterocycles. The Morgan fingerprint density at radius 3 is 2.40 bits per heavy atom. The second-order valence-electron chi connectivity index (χ2n) is 3.56. The lowest BCUT2D eigenvalue weighted by molar-refractivity contribution is 0.316. The van der Waals surface area contributed by atoms with Crippen molar-refractivity contribution in [1.82, 2.24) is 0 Å². The highest BCUT2D eigenvalue weighted by atomic mass is 19.1. The lowest BCUT2D eigenvalue weighted by Gasteiger charge is -2.01. The monoisotopic (exact) mass is 207 g/mol. The molecule has 1 rings (SSSR count). The van der Waals surface area contributed by atoms with Crippen molar-refractivity contribution in [1.29, 1.82) is 0 Å². The topological polar surface area (TPSA) is 32.6 Å². The maximum absolute atomic E-state index is 12.6. The number of allylic oxidation sites excluding steroid dienone is 1. The first-order chi connectivity index (χ1) is 7.13. The Balaban J connectivity index is 2.77. The molecule has 1 aromatic carbocycles. The fraction of sp³-hybridized carbons (Fsp3) is 0.250. The lowest BCUT2D eigenvalue weighted by Crippen LogP contribution is -2.03. The molecule has 0 atom stereocenters. The zero-order chi connectivity index (χ0) is 11.3. The van der Waals surface area contributed by atoms with Crippen molar-refractivity contribution in [3.05, 3.63) is 41.7 Å². The summed E-state index contributed by atoms with van der Waals surface area (Å²) < 4.78 is 12.6. The second-order valence-corrected chi connectivity index (χ2v) is 3.56. The van der Waals surface area contributed by atoms with Gasteiger partial charge in [-0.3, -0.25) is 0 Å². The van der Waals surface area contributed by atoms with Crippen molar-refractivity contribution >= 4 is 11.8 Å². The fourth-order valence-electron chi connectivity index (χ4n) is 1.10. The summed E-state index contributed by atoms with van der Waals surface area (Å²) in [6.45, 7) is 3.87. The van der Waals surface area contributed by atoms with Crippen molar-refractivity contribution in [2.75, 3.05) is 0 Å². The van der Waals surface area contributed by atoms with E-state index in [0.717, 1.165) is 5.56 Å². The van der Waals surface area contributed by atoms with E-state index < -0.39 is 0 Å². The Bertz CT molecular complexity index is 366. The molecule has 0 spiro atoms. The zero-order valence-corrected chi connectivity index (χ0v) is 8.81. The number of benzene rings is 1. The normalized spacial score (nSPS) is 12.7. The van der Waals surface area contributed by atoms with Crippen molar-refractivity contribution in [2.45, 2.75) is 13.8 Å². The molecule has 0 aliphatic carbocycles. The van der Waals surface area contributed by atoms with Gasteiger partial charge in [0.2, 0.25) is 0 Å². The predicted molar refractivity (Wildman–Crippen MR) is 59.5 cm³/mol. The van der Waals surface area contributed by atoms with Gasteiger partial charge in [-0.05, 0) is 29.7 Å². The van der Waals surface area contributed by atoms with Gasteiger partial charge in [-0.2, -0.15) is 0 Å². The van der Waals surface area contributed by atoms with Crippen LogP contribution in [0.2, 0.25) is 0 Å². The molecule has 80 valence electrons. The Morgan fingerprint density at radius 1 is 1.33 bits per heavy atom. The average Bonchev–Trinajstić information content (AvgIpc) is 2.21. The van der Waals surface area contributed by atoms with Gasteiger partial charge in [0.15, 0.2) is 0 Å². The quantitative estimate of drug-likeness (QED) is 0.460. The summed E-state index contributed by atoms with van der Waals surface area (Å²) in [4.78, 5) is 0. The summed E-state index contributed by atoms with van der Waals surface area (Å²) in [5, 5.41) is 11.9. The lowest BCUT2D eigenvalue weighted by atomic mass is 10.1. The minimum absolute atomic E-state index is 0.159. The average molecular weight is 207 g/mol. The van der Waals surface area contributed by atoms with Crippen LogP contribution in [0.4, 0.5) is 4.39 Å². The van der Waals surface area contributed by atoms with Crippen molar-refractivity contribution in [3.8, 4) is 0 Å². The molecule has 2 nitrogen and oxygen atoms in total. The summed E-state index contributed by atoms with van der Waals surface area (Å²) in [7, 11) is 0. The minimum Gasteiger partial charge on any atom is -0.411 e. The molecule has 0 aliphatic heterocycles. The molecule has 3 heteroatoms. The third-order valence-electron chi connectivity index (χ3n) is 2.02. The van der Waals surface area contributed by atoms with E-state index >= 15 is 0 Å². The van der Waals surface area contributed by atoms with E-state index in [1.54, 1.807) is 24.3 Å². The molecule has 0 amide bonds. The third kappa shape index (κ3) is 3.54. The Morgan fingerprint density at radius 2 is 1.93 bits per heavy atom. The molecule has 0 saturated carbocycles. The van der Waals surface area contributed by atoms with E-state index in [9.17, 15) is 4.39 Å². The van der Waals surface area contributed by atoms with E-state index in [-0.39, 0.29) is 11.7 Å². The fourth-order valence-corrected chi connectivity index (χ4v) is 1.10. The summed E-state index contributed by atoms with van der Waals surface area (Å²) >= 11 is 0.